The summed E-state index contributed by atoms with van der Waals surface area (Å²) in [6, 6.07) is 18.5. The van der Waals surface area contributed by atoms with Gasteiger partial charge in [0.2, 0.25) is 11.8 Å². The number of piperazine rings is 1. The van der Waals surface area contributed by atoms with Crippen molar-refractivity contribution in [1.82, 2.24) is 50.4 Å². The van der Waals surface area contributed by atoms with Gasteiger partial charge in [-0.1, -0.05) is 49.7 Å². The minimum absolute atomic E-state index is 0.106. The minimum atomic E-state index is -0.904. The molecule has 1 saturated carbocycles. The summed E-state index contributed by atoms with van der Waals surface area (Å²) in [5.74, 6) is -0.624. The summed E-state index contributed by atoms with van der Waals surface area (Å²) in [5, 5.41) is 32.2. The molecule has 4 aliphatic rings. The van der Waals surface area contributed by atoms with Gasteiger partial charge in [0, 0.05) is 86.4 Å². The Kier molecular flexibility index (Phi) is 10.9. The molecule has 4 amide bonds. The molecule has 64 heavy (non-hydrogen) atoms. The molecule has 0 spiro atoms. The maximum Gasteiger partial charge on any atom is 0.278 e. The van der Waals surface area contributed by atoms with E-state index in [4.69, 9.17) is 16.3 Å². The van der Waals surface area contributed by atoms with Crippen molar-refractivity contribution >= 4 is 51.8 Å². The zero-order valence-electron chi connectivity index (χ0n) is 35.8. The van der Waals surface area contributed by atoms with Crippen LogP contribution in [-0.4, -0.2) is 115 Å². The van der Waals surface area contributed by atoms with Gasteiger partial charge >= 0.3 is 0 Å². The fourth-order valence-electron chi connectivity index (χ4n) is 9.89. The first kappa shape index (κ1) is 42.6. The van der Waals surface area contributed by atoms with Crippen LogP contribution >= 0.6 is 11.6 Å². The number of aromatic nitrogens is 6. The van der Waals surface area contributed by atoms with Crippen LogP contribution in [0.4, 0.5) is 5.69 Å². The van der Waals surface area contributed by atoms with Crippen molar-refractivity contribution in [2.24, 2.45) is 16.7 Å². The normalized spacial score (nSPS) is 22.0. The van der Waals surface area contributed by atoms with Crippen LogP contribution in [0.5, 0.6) is 5.75 Å². The van der Waals surface area contributed by atoms with E-state index in [9.17, 15) is 29.2 Å². The van der Waals surface area contributed by atoms with Crippen LogP contribution in [0.3, 0.4) is 0 Å². The molecule has 5 heterocycles. The Hall–Kier alpha value is -6.71. The van der Waals surface area contributed by atoms with Gasteiger partial charge in [0.1, 0.15) is 29.5 Å². The number of carbonyl (C=O) groups excluding carboxylic acids is 4. The number of fused-ring (bicyclic) bond motifs is 1. The lowest BCUT2D eigenvalue weighted by atomic mass is 9.49. The number of imide groups is 1. The van der Waals surface area contributed by atoms with Crippen molar-refractivity contribution in [1.29, 1.82) is 5.26 Å². The predicted molar refractivity (Wildman–Crippen MR) is 234 cm³/mol. The molecule has 3 saturated heterocycles. The number of carbonyl (C=O) groups is 4. The zero-order chi connectivity index (χ0) is 45.1. The van der Waals surface area contributed by atoms with Gasteiger partial charge in [-0.15, -0.1) is 10.2 Å². The Morgan fingerprint density at radius 3 is 2.33 bits per heavy atom. The van der Waals surface area contributed by atoms with E-state index >= 15 is 0 Å². The number of halogens is 1. The molecule has 0 radical (unpaired) electrons. The number of hydrogen-bond donors (Lipinski definition) is 2. The number of benzene rings is 3. The summed E-state index contributed by atoms with van der Waals surface area (Å²) >= 11 is 6.25. The molecule has 1 unspecified atom stereocenters. The average Bonchev–Trinajstić information content (AvgIpc) is 3.73. The molecular formula is C45H47ClN12O6. The monoisotopic (exact) mass is 886 g/mol. The number of amides is 4. The topological polar surface area (TPSA) is 214 Å². The van der Waals surface area contributed by atoms with Crippen LogP contribution < -0.4 is 25.8 Å². The fourth-order valence-corrected chi connectivity index (χ4v) is 10.1. The van der Waals surface area contributed by atoms with Crippen molar-refractivity contribution in [3.63, 3.8) is 0 Å². The van der Waals surface area contributed by atoms with E-state index in [0.717, 1.165) is 21.8 Å². The molecule has 2 aromatic heterocycles. The molecule has 3 aromatic carbocycles. The molecule has 4 fully saturated rings. The Morgan fingerprint density at radius 1 is 0.922 bits per heavy atom. The maximum atomic E-state index is 13.5. The minimum Gasteiger partial charge on any atom is -0.489 e. The molecule has 9 rings (SSSR count). The van der Waals surface area contributed by atoms with Crippen LogP contribution in [0.15, 0.2) is 71.7 Å². The Labute approximate surface area is 373 Å². The summed E-state index contributed by atoms with van der Waals surface area (Å²) in [4.78, 5) is 70.6. The zero-order valence-corrected chi connectivity index (χ0v) is 36.6. The van der Waals surface area contributed by atoms with Crippen LogP contribution in [0.2, 0.25) is 5.02 Å². The van der Waals surface area contributed by atoms with Crippen LogP contribution in [0.1, 0.15) is 68.2 Å². The number of ether oxygens (including phenoxy) is 1. The largest absolute Gasteiger partial charge is 0.489 e. The van der Waals surface area contributed by atoms with Gasteiger partial charge in [-0.25, -0.2) is 4.68 Å². The summed E-state index contributed by atoms with van der Waals surface area (Å²) in [5.41, 5.74) is 2.39. The second kappa shape index (κ2) is 16.4. The van der Waals surface area contributed by atoms with Crippen molar-refractivity contribution in [2.45, 2.75) is 65.3 Å². The molecule has 5 aromatic rings. The lowest BCUT2D eigenvalue weighted by Crippen LogP contribution is -2.74. The summed E-state index contributed by atoms with van der Waals surface area (Å²) in [6.45, 7) is 12.4. The standard InChI is InChI=1S/C45H47ClN12O6/c1-44(2)42(45(3,4)43(44)64-32-11-7-27(21-47)34(46)20-32)49-38(60)26-5-8-30(9-6-26)57-25-29(50-52-57)24-54-15-17-55(18-16-54)40(62)28-22-56(23-28)31-10-12-35-33(19-31)41(63)58(53-51-35)36-13-14-37(59)48-39(36)61/h5-12,19-20,25,28,36,42-43H,13-18,22-24H2,1-4H3,(H,49,60)(H,48,59,61). The average molecular weight is 887 g/mol. The first-order valence-electron chi connectivity index (χ1n) is 21.3. The third kappa shape index (κ3) is 7.83. The second-order valence-corrected chi connectivity index (χ2v) is 18.6. The third-order valence-corrected chi connectivity index (χ3v) is 13.5. The first-order valence-corrected chi connectivity index (χ1v) is 21.7. The Bertz CT molecular complexity index is 2770. The quantitative estimate of drug-likeness (QED) is 0.193. The highest BCUT2D eigenvalue weighted by atomic mass is 35.5. The summed E-state index contributed by atoms with van der Waals surface area (Å²) < 4.78 is 9.10. The number of nitrogens with one attached hydrogen (secondary N) is 2. The molecule has 330 valence electrons. The Balaban J connectivity index is 0.740. The molecule has 3 aliphatic heterocycles. The number of rotatable bonds is 10. The van der Waals surface area contributed by atoms with Crippen LogP contribution in [-0.2, 0) is 20.9 Å². The number of nitrogens with zero attached hydrogens (tertiary/aromatic N) is 10. The van der Waals surface area contributed by atoms with E-state index in [0.29, 0.717) is 78.6 Å². The molecule has 2 N–H and O–H groups in total. The lowest BCUT2D eigenvalue weighted by molar-refractivity contribution is -0.164. The van der Waals surface area contributed by atoms with Gasteiger partial charge in [0.15, 0.2) is 0 Å². The van der Waals surface area contributed by atoms with E-state index < -0.39 is 28.3 Å². The number of nitriles is 1. The smallest absolute Gasteiger partial charge is 0.278 e. The van der Waals surface area contributed by atoms with Gasteiger partial charge in [-0.3, -0.25) is 34.2 Å². The highest BCUT2D eigenvalue weighted by Crippen LogP contribution is 2.55. The molecule has 1 atom stereocenters. The lowest BCUT2D eigenvalue weighted by Gasteiger charge is -2.63. The van der Waals surface area contributed by atoms with Crippen molar-refractivity contribution < 1.29 is 23.9 Å². The summed E-state index contributed by atoms with van der Waals surface area (Å²) in [6.07, 6.45) is 1.95. The SMILES string of the molecule is CC1(C)C(NC(=O)c2ccc(-n3cc(CN4CCN(C(=O)C5CN(c6ccc7nnn(C8CCC(=O)NC8=O)c(=O)c7c6)C5)CC4)nn3)cc2)C(C)(C)C1Oc1ccc(C#N)c(Cl)c1. The third-order valence-electron chi connectivity index (χ3n) is 13.2. The van der Waals surface area contributed by atoms with E-state index in [1.54, 1.807) is 47.1 Å². The van der Waals surface area contributed by atoms with Gasteiger partial charge in [0.05, 0.1) is 39.5 Å². The van der Waals surface area contributed by atoms with E-state index in [-0.39, 0.29) is 48.6 Å². The molecule has 0 bridgehead atoms. The van der Waals surface area contributed by atoms with Crippen molar-refractivity contribution in [2.75, 3.05) is 44.2 Å². The molecule has 19 heteroatoms. The van der Waals surface area contributed by atoms with Gasteiger partial charge in [0.25, 0.3) is 17.4 Å². The van der Waals surface area contributed by atoms with Crippen LogP contribution in [0, 0.1) is 28.1 Å². The first-order chi connectivity index (χ1) is 30.6. The van der Waals surface area contributed by atoms with E-state index in [1.165, 1.54) is 0 Å². The fraction of sp³-hybridized carbons (Fsp3) is 0.422. The predicted octanol–water partition coefficient (Wildman–Crippen LogP) is 3.27. The van der Waals surface area contributed by atoms with E-state index in [1.807, 2.05) is 34.2 Å². The second-order valence-electron chi connectivity index (χ2n) is 18.2. The Morgan fingerprint density at radius 2 is 1.64 bits per heavy atom. The highest BCUT2D eigenvalue weighted by molar-refractivity contribution is 6.31. The van der Waals surface area contributed by atoms with Gasteiger partial charge < -0.3 is 19.9 Å². The number of piperidine rings is 1. The molecule has 18 nitrogen and oxygen atoms in total. The number of hydrogen-bond acceptors (Lipinski definition) is 13. The van der Waals surface area contributed by atoms with Crippen LogP contribution in [0.25, 0.3) is 16.6 Å². The summed E-state index contributed by atoms with van der Waals surface area (Å²) in [7, 11) is 0. The molecule has 1 aliphatic carbocycles. The van der Waals surface area contributed by atoms with Crippen molar-refractivity contribution in [3.05, 3.63) is 99.1 Å². The number of anilines is 1. The molecular weight excluding hydrogens is 840 g/mol. The van der Waals surface area contributed by atoms with Gasteiger partial charge in [-0.2, -0.15) is 9.94 Å². The maximum absolute atomic E-state index is 13.5. The van der Waals surface area contributed by atoms with Gasteiger partial charge in [-0.05, 0) is 61.0 Å². The highest BCUT2D eigenvalue weighted by Gasteiger charge is 2.64. The van der Waals surface area contributed by atoms with E-state index in [2.05, 4.69) is 69.9 Å². The van der Waals surface area contributed by atoms with Crippen molar-refractivity contribution in [3.8, 4) is 17.5 Å².